The molecule has 0 radical (unpaired) electrons. The average molecular weight is 477 g/mol. The maximum Gasteiger partial charge on any atom is 0.236 e. The molecule has 0 bridgehead atoms. The Kier molecular flexibility index (Phi) is 7.27. The fraction of sp³-hybridized carbons (Fsp3) is 0.318. The van der Waals surface area contributed by atoms with Crippen molar-refractivity contribution in [3.63, 3.8) is 0 Å². The van der Waals surface area contributed by atoms with E-state index >= 15 is 0 Å². The molecule has 1 saturated heterocycles. The molecule has 29 heavy (non-hydrogen) atoms. The quantitative estimate of drug-likeness (QED) is 0.629. The molecule has 1 fully saturated rings. The number of amides is 1. The zero-order chi connectivity index (χ0) is 20.9. The topological polar surface area (TPSA) is 57.7 Å². The first-order valence-corrected chi connectivity index (χ1v) is 11.9. The van der Waals surface area contributed by atoms with Crippen molar-refractivity contribution in [3.8, 4) is 0 Å². The number of piperidine rings is 1. The van der Waals surface area contributed by atoms with Crippen molar-refractivity contribution in [2.24, 2.45) is 5.92 Å². The number of nitrogens with zero attached hydrogens (tertiary/aromatic N) is 2. The zero-order valence-corrected chi connectivity index (χ0v) is 18.8. The van der Waals surface area contributed by atoms with Crippen molar-refractivity contribution < 1.29 is 13.2 Å². The fourth-order valence-corrected chi connectivity index (χ4v) is 5.07. The third-order valence-corrected chi connectivity index (χ3v) is 7.48. The Balaban J connectivity index is 1.56. The lowest BCUT2D eigenvalue weighted by molar-refractivity contribution is -0.135. The molecule has 0 atom stereocenters. The zero-order valence-electron chi connectivity index (χ0n) is 16.4. The van der Waals surface area contributed by atoms with E-state index in [0.717, 1.165) is 15.6 Å². The summed E-state index contributed by atoms with van der Waals surface area (Å²) in [5.41, 5.74) is 1.89. The molecule has 0 unspecified atom stereocenters. The molecule has 0 aliphatic carbocycles. The predicted molar refractivity (Wildman–Crippen MR) is 119 cm³/mol. The molecule has 3 rings (SSSR count). The second kappa shape index (κ2) is 9.69. The summed E-state index contributed by atoms with van der Waals surface area (Å²) >= 11 is 3.51. The van der Waals surface area contributed by atoms with Gasteiger partial charge in [-0.25, -0.2) is 8.42 Å². The van der Waals surface area contributed by atoms with Gasteiger partial charge >= 0.3 is 0 Å². The van der Waals surface area contributed by atoms with Crippen LogP contribution in [0, 0.1) is 5.92 Å². The van der Waals surface area contributed by atoms with Gasteiger partial charge < -0.3 is 4.90 Å². The Bertz CT molecular complexity index is 969. The van der Waals surface area contributed by atoms with Crippen molar-refractivity contribution in [2.75, 3.05) is 20.1 Å². The molecule has 154 valence electrons. The third kappa shape index (κ3) is 5.78. The smallest absolute Gasteiger partial charge is 0.236 e. The molecule has 2 aromatic rings. The Morgan fingerprint density at radius 2 is 1.72 bits per heavy atom. The van der Waals surface area contributed by atoms with E-state index in [1.165, 1.54) is 9.71 Å². The molecule has 0 N–H and O–H groups in total. The Morgan fingerprint density at radius 1 is 1.10 bits per heavy atom. The van der Waals surface area contributed by atoms with Crippen LogP contribution >= 0.6 is 15.9 Å². The van der Waals surface area contributed by atoms with Gasteiger partial charge in [0, 0.05) is 42.5 Å². The minimum atomic E-state index is -3.48. The van der Waals surface area contributed by atoms with E-state index < -0.39 is 10.0 Å². The fourth-order valence-electron chi connectivity index (χ4n) is 3.44. The van der Waals surface area contributed by atoms with Gasteiger partial charge in [0.25, 0.3) is 0 Å². The van der Waals surface area contributed by atoms with Crippen molar-refractivity contribution in [1.29, 1.82) is 0 Å². The van der Waals surface area contributed by atoms with Gasteiger partial charge in [0.1, 0.15) is 0 Å². The number of rotatable bonds is 6. The summed E-state index contributed by atoms with van der Waals surface area (Å²) in [5, 5.41) is 1.25. The minimum Gasteiger partial charge on any atom is -0.341 e. The normalized spacial score (nSPS) is 16.2. The molecule has 2 aromatic carbocycles. The van der Waals surface area contributed by atoms with Crippen LogP contribution in [0.25, 0.3) is 6.08 Å². The Hall–Kier alpha value is -1.96. The van der Waals surface area contributed by atoms with Crippen molar-refractivity contribution in [1.82, 2.24) is 9.21 Å². The number of sulfonamides is 1. The first kappa shape index (κ1) is 21.7. The number of hydrogen-bond acceptors (Lipinski definition) is 3. The van der Waals surface area contributed by atoms with Crippen LogP contribution in [-0.4, -0.2) is 43.7 Å². The number of hydrogen-bond donors (Lipinski definition) is 0. The molecule has 1 heterocycles. The van der Waals surface area contributed by atoms with Gasteiger partial charge in [-0.3, -0.25) is 4.79 Å². The van der Waals surface area contributed by atoms with Crippen LogP contribution in [0.15, 0.2) is 64.5 Å². The van der Waals surface area contributed by atoms with Crippen molar-refractivity contribution >= 4 is 37.9 Å². The molecule has 1 aliphatic heterocycles. The second-order valence-electron chi connectivity index (χ2n) is 7.22. The largest absolute Gasteiger partial charge is 0.341 e. The highest BCUT2D eigenvalue weighted by molar-refractivity contribution is 9.10. The maximum absolute atomic E-state index is 12.8. The van der Waals surface area contributed by atoms with Gasteiger partial charge in [0.15, 0.2) is 0 Å². The lowest BCUT2D eigenvalue weighted by Crippen LogP contribution is -2.42. The number of carbonyl (C=O) groups excluding carboxylic acids is 1. The molecule has 5 nitrogen and oxygen atoms in total. The van der Waals surface area contributed by atoms with E-state index in [9.17, 15) is 13.2 Å². The number of carbonyl (C=O) groups is 1. The van der Waals surface area contributed by atoms with E-state index in [2.05, 4.69) is 15.9 Å². The lowest BCUT2D eigenvalue weighted by Gasteiger charge is -2.32. The highest BCUT2D eigenvalue weighted by atomic mass is 79.9. The molecule has 1 aliphatic rings. The van der Waals surface area contributed by atoms with E-state index in [4.69, 9.17) is 0 Å². The van der Waals surface area contributed by atoms with Crippen LogP contribution in [0.1, 0.15) is 24.0 Å². The summed E-state index contributed by atoms with van der Waals surface area (Å²) in [6, 6.07) is 17.2. The van der Waals surface area contributed by atoms with Crippen LogP contribution in [0.4, 0.5) is 0 Å². The summed E-state index contributed by atoms with van der Waals surface area (Å²) in [4.78, 5) is 14.5. The average Bonchev–Trinajstić information content (AvgIpc) is 2.74. The lowest BCUT2D eigenvalue weighted by atomic mass is 9.96. The van der Waals surface area contributed by atoms with Crippen molar-refractivity contribution in [2.45, 2.75) is 19.4 Å². The highest BCUT2D eigenvalue weighted by Crippen LogP contribution is 2.24. The highest BCUT2D eigenvalue weighted by Gasteiger charge is 2.31. The maximum atomic E-state index is 12.8. The van der Waals surface area contributed by atoms with Crippen LogP contribution in [-0.2, 0) is 21.4 Å². The van der Waals surface area contributed by atoms with E-state index in [-0.39, 0.29) is 11.8 Å². The Labute approximate surface area is 181 Å². The molecule has 7 heteroatoms. The van der Waals surface area contributed by atoms with Crippen molar-refractivity contribution in [3.05, 3.63) is 75.6 Å². The van der Waals surface area contributed by atoms with Crippen LogP contribution in [0.3, 0.4) is 0 Å². The molecular formula is C22H25BrN2O3S. The van der Waals surface area contributed by atoms with Gasteiger partial charge in [-0.1, -0.05) is 64.5 Å². The SMILES string of the molecule is CN(Cc1ccccc1Br)C(=O)C1CCN(S(=O)(=O)/C=C/c2ccccc2)CC1. The summed E-state index contributed by atoms with van der Waals surface area (Å²) in [5.74, 6) is -0.0790. The summed E-state index contributed by atoms with van der Waals surface area (Å²) < 4.78 is 27.6. The summed E-state index contributed by atoms with van der Waals surface area (Å²) in [6.07, 6.45) is 2.69. The summed E-state index contributed by atoms with van der Waals surface area (Å²) in [6.45, 7) is 1.25. The van der Waals surface area contributed by atoms with Gasteiger partial charge in [0.2, 0.25) is 15.9 Å². The van der Waals surface area contributed by atoms with Crippen LogP contribution in [0.5, 0.6) is 0 Å². The molecule has 0 aromatic heterocycles. The first-order chi connectivity index (χ1) is 13.9. The molecular weight excluding hydrogens is 452 g/mol. The first-order valence-electron chi connectivity index (χ1n) is 9.58. The van der Waals surface area contributed by atoms with Gasteiger partial charge in [0.05, 0.1) is 0 Å². The minimum absolute atomic E-state index is 0.0672. The van der Waals surface area contributed by atoms with Gasteiger partial charge in [-0.15, -0.1) is 0 Å². The predicted octanol–water partition coefficient (Wildman–Crippen LogP) is 4.12. The van der Waals surface area contributed by atoms with E-state index in [0.29, 0.717) is 32.5 Å². The third-order valence-electron chi connectivity index (χ3n) is 5.14. The van der Waals surface area contributed by atoms with E-state index in [1.807, 2.05) is 54.6 Å². The summed E-state index contributed by atoms with van der Waals surface area (Å²) in [7, 11) is -1.68. The molecule has 0 spiro atoms. The molecule has 0 saturated carbocycles. The number of halogens is 1. The molecule has 1 amide bonds. The van der Waals surface area contributed by atoms with Crippen LogP contribution < -0.4 is 0 Å². The standard InChI is InChI=1S/C22H25BrN2O3S/c1-24(17-20-9-5-6-10-21(20)23)22(26)19-11-14-25(15-12-19)29(27,28)16-13-18-7-3-2-4-8-18/h2-10,13,16,19H,11-12,14-15,17H2,1H3/b16-13+. The van der Waals surface area contributed by atoms with Crippen LogP contribution in [0.2, 0.25) is 0 Å². The van der Waals surface area contributed by atoms with E-state index in [1.54, 1.807) is 18.0 Å². The monoisotopic (exact) mass is 476 g/mol. The van der Waals surface area contributed by atoms with Gasteiger partial charge in [-0.05, 0) is 36.1 Å². The van der Waals surface area contributed by atoms with Gasteiger partial charge in [-0.2, -0.15) is 4.31 Å². The Morgan fingerprint density at radius 3 is 2.38 bits per heavy atom. The second-order valence-corrected chi connectivity index (χ2v) is 9.89. The number of benzene rings is 2.